The third-order valence-electron chi connectivity index (χ3n) is 7.61. The van der Waals surface area contributed by atoms with Gasteiger partial charge in [-0.3, -0.25) is 4.79 Å². The summed E-state index contributed by atoms with van der Waals surface area (Å²) in [5, 5.41) is 0. The van der Waals surface area contributed by atoms with Gasteiger partial charge in [0.2, 0.25) is 15.9 Å². The third kappa shape index (κ3) is 4.74. The first-order chi connectivity index (χ1) is 16.8. The number of carbonyl (C=O) groups is 1. The lowest BCUT2D eigenvalue weighted by Gasteiger charge is -2.32. The first kappa shape index (κ1) is 24.0. The van der Waals surface area contributed by atoms with Gasteiger partial charge in [0, 0.05) is 38.6 Å². The van der Waals surface area contributed by atoms with Gasteiger partial charge >= 0.3 is 0 Å². The lowest BCUT2D eigenvalue weighted by molar-refractivity contribution is -0.135. The smallest absolute Gasteiger partial charge is 0.243 e. The number of imidazole rings is 1. The van der Waals surface area contributed by atoms with Crippen LogP contribution >= 0.6 is 0 Å². The minimum absolute atomic E-state index is 0.0836. The van der Waals surface area contributed by atoms with Crippen LogP contribution in [0.3, 0.4) is 0 Å². The molecule has 0 spiro atoms. The largest absolute Gasteiger partial charge is 0.341 e. The number of carbonyl (C=O) groups excluding carboxylic acids is 1. The molecule has 8 heteroatoms. The molecule has 5 rings (SSSR count). The third-order valence-corrected chi connectivity index (χ3v) is 9.50. The molecule has 2 fully saturated rings. The van der Waals surface area contributed by atoms with E-state index in [2.05, 4.69) is 4.57 Å². The number of rotatable bonds is 6. The summed E-state index contributed by atoms with van der Waals surface area (Å²) in [4.78, 5) is 19.7. The molecule has 0 bridgehead atoms. The molecule has 2 aliphatic rings. The number of aryl methyl sites for hydroxylation is 1. The van der Waals surface area contributed by atoms with Gasteiger partial charge in [-0.15, -0.1) is 0 Å². The fourth-order valence-electron chi connectivity index (χ4n) is 5.72. The minimum Gasteiger partial charge on any atom is -0.341 e. The molecule has 35 heavy (non-hydrogen) atoms. The highest BCUT2D eigenvalue weighted by Crippen LogP contribution is 2.34. The Morgan fingerprint density at radius 2 is 1.71 bits per heavy atom. The fraction of sp³-hybridized carbons (Fsp3) is 0.481. The highest BCUT2D eigenvalue weighted by Gasteiger charge is 2.33. The first-order valence-electron chi connectivity index (χ1n) is 12.6. The number of piperidine rings is 1. The molecular weight excluding hydrogens is 460 g/mol. The Morgan fingerprint density at radius 3 is 2.40 bits per heavy atom. The molecule has 2 aromatic carbocycles. The summed E-state index contributed by atoms with van der Waals surface area (Å²) in [5.41, 5.74) is 2.84. The Labute approximate surface area is 207 Å². The zero-order chi connectivity index (χ0) is 24.6. The molecule has 186 valence electrons. The van der Waals surface area contributed by atoms with Gasteiger partial charge in [0.25, 0.3) is 0 Å². The molecule has 3 aromatic rings. The second kappa shape index (κ2) is 9.74. The average molecular weight is 495 g/mol. The summed E-state index contributed by atoms with van der Waals surface area (Å²) in [6, 6.07) is 15.7. The number of fused-ring (bicyclic) bond motifs is 1. The van der Waals surface area contributed by atoms with Crippen molar-refractivity contribution in [2.75, 3.05) is 20.1 Å². The van der Waals surface area contributed by atoms with E-state index in [1.807, 2.05) is 50.4 Å². The maximum absolute atomic E-state index is 13.4. The maximum Gasteiger partial charge on any atom is 0.243 e. The Morgan fingerprint density at radius 1 is 1.03 bits per heavy atom. The van der Waals surface area contributed by atoms with Crippen LogP contribution in [0.2, 0.25) is 0 Å². The maximum atomic E-state index is 13.4. The van der Waals surface area contributed by atoms with Crippen molar-refractivity contribution in [1.82, 2.24) is 18.8 Å². The molecule has 0 unspecified atom stereocenters. The molecule has 0 atom stereocenters. The molecule has 0 N–H and O–H groups in total. The number of amides is 1. The molecule has 1 aliphatic heterocycles. The van der Waals surface area contributed by atoms with Gasteiger partial charge in [-0.05, 0) is 56.4 Å². The number of benzene rings is 2. The van der Waals surface area contributed by atoms with Gasteiger partial charge < -0.3 is 9.47 Å². The molecule has 1 saturated carbocycles. The van der Waals surface area contributed by atoms with Crippen LogP contribution in [0, 0.1) is 12.8 Å². The predicted octanol–water partition coefficient (Wildman–Crippen LogP) is 4.52. The van der Waals surface area contributed by atoms with Crippen molar-refractivity contribution in [3.8, 4) is 0 Å². The summed E-state index contributed by atoms with van der Waals surface area (Å²) in [5.74, 6) is 0.878. The number of hydrogen-bond donors (Lipinski definition) is 0. The van der Waals surface area contributed by atoms with E-state index >= 15 is 0 Å². The molecule has 1 saturated heterocycles. The van der Waals surface area contributed by atoms with Crippen molar-refractivity contribution in [2.45, 2.75) is 62.9 Å². The minimum atomic E-state index is -3.63. The highest BCUT2D eigenvalue weighted by molar-refractivity contribution is 7.89. The fourth-order valence-corrected chi connectivity index (χ4v) is 7.21. The Bertz CT molecular complexity index is 1300. The molecule has 0 radical (unpaired) electrons. The second-order valence-corrected chi connectivity index (χ2v) is 11.9. The van der Waals surface area contributed by atoms with Crippen molar-refractivity contribution in [3.63, 3.8) is 0 Å². The van der Waals surface area contributed by atoms with Gasteiger partial charge in [-0.25, -0.2) is 13.4 Å². The van der Waals surface area contributed by atoms with Gasteiger partial charge in [-0.1, -0.05) is 43.2 Å². The predicted molar refractivity (Wildman–Crippen MR) is 136 cm³/mol. The summed E-state index contributed by atoms with van der Waals surface area (Å²) in [6.07, 6.45) is 5.85. The van der Waals surface area contributed by atoms with Crippen molar-refractivity contribution in [3.05, 3.63) is 59.9 Å². The van der Waals surface area contributed by atoms with E-state index in [-0.39, 0.29) is 16.7 Å². The van der Waals surface area contributed by atoms with Crippen LogP contribution in [0.25, 0.3) is 11.0 Å². The van der Waals surface area contributed by atoms with Crippen LogP contribution in [0.4, 0.5) is 0 Å². The summed E-state index contributed by atoms with van der Waals surface area (Å²) < 4.78 is 30.7. The van der Waals surface area contributed by atoms with E-state index in [1.165, 1.54) is 17.1 Å². The number of aromatic nitrogens is 2. The highest BCUT2D eigenvalue weighted by atomic mass is 32.2. The van der Waals surface area contributed by atoms with E-state index in [0.29, 0.717) is 38.5 Å². The van der Waals surface area contributed by atoms with E-state index in [0.717, 1.165) is 35.3 Å². The molecule has 1 aromatic heterocycles. The Kier molecular flexibility index (Phi) is 6.68. The van der Waals surface area contributed by atoms with Gasteiger partial charge in [-0.2, -0.15) is 4.31 Å². The standard InChI is InChI=1S/C27H34N4O3S/c1-20-28-25-18-24(12-13-26(25)31(20)23-10-6-7-11-23)35(33,34)30-16-14-22(15-17-30)27(32)29(2)19-21-8-4-3-5-9-21/h3-5,8-9,12-13,18,22-23H,6-7,10-11,14-17,19H2,1-2H3. The van der Waals surface area contributed by atoms with Gasteiger partial charge in [0.05, 0.1) is 15.9 Å². The van der Waals surface area contributed by atoms with Crippen LogP contribution in [-0.2, 0) is 21.4 Å². The van der Waals surface area contributed by atoms with Crippen LogP contribution in [0.1, 0.15) is 56.0 Å². The SMILES string of the molecule is Cc1nc2cc(S(=O)(=O)N3CCC(C(=O)N(C)Cc4ccccc4)CC3)ccc2n1C1CCCC1. The molecule has 1 aliphatic carbocycles. The van der Waals surface area contributed by atoms with Gasteiger partial charge in [0.15, 0.2) is 0 Å². The Hall–Kier alpha value is -2.71. The van der Waals surface area contributed by atoms with Crippen molar-refractivity contribution >= 4 is 27.0 Å². The number of hydrogen-bond acceptors (Lipinski definition) is 4. The van der Waals surface area contributed by atoms with Crippen molar-refractivity contribution in [2.24, 2.45) is 5.92 Å². The molecule has 1 amide bonds. The summed E-state index contributed by atoms with van der Waals surface area (Å²) in [6.45, 7) is 3.27. The average Bonchev–Trinajstić information content (AvgIpc) is 3.50. The second-order valence-electron chi connectivity index (χ2n) is 9.98. The molecule has 2 heterocycles. The lowest BCUT2D eigenvalue weighted by Crippen LogP contribution is -2.43. The summed E-state index contributed by atoms with van der Waals surface area (Å²) in [7, 11) is -1.82. The Balaban J connectivity index is 1.26. The van der Waals surface area contributed by atoms with Crippen LogP contribution < -0.4 is 0 Å². The normalized spacial score (nSPS) is 18.3. The van der Waals surface area contributed by atoms with E-state index in [9.17, 15) is 13.2 Å². The van der Waals surface area contributed by atoms with Crippen molar-refractivity contribution < 1.29 is 13.2 Å². The zero-order valence-corrected chi connectivity index (χ0v) is 21.4. The first-order valence-corrected chi connectivity index (χ1v) is 14.1. The molecular formula is C27H34N4O3S. The van der Waals surface area contributed by atoms with E-state index < -0.39 is 10.0 Å². The number of nitrogens with zero attached hydrogens (tertiary/aromatic N) is 4. The molecule has 7 nitrogen and oxygen atoms in total. The quantitative estimate of drug-likeness (QED) is 0.505. The van der Waals surface area contributed by atoms with Crippen LogP contribution in [0.5, 0.6) is 0 Å². The topological polar surface area (TPSA) is 75.5 Å². The zero-order valence-electron chi connectivity index (χ0n) is 20.6. The van der Waals surface area contributed by atoms with E-state index in [1.54, 1.807) is 17.0 Å². The van der Waals surface area contributed by atoms with Crippen molar-refractivity contribution in [1.29, 1.82) is 0 Å². The van der Waals surface area contributed by atoms with Gasteiger partial charge in [0.1, 0.15) is 5.82 Å². The lowest BCUT2D eigenvalue weighted by atomic mass is 9.96. The van der Waals surface area contributed by atoms with Crippen LogP contribution in [-0.4, -0.2) is 53.2 Å². The number of sulfonamides is 1. The monoisotopic (exact) mass is 494 g/mol. The summed E-state index contributed by atoms with van der Waals surface area (Å²) >= 11 is 0. The van der Waals surface area contributed by atoms with E-state index in [4.69, 9.17) is 4.98 Å². The van der Waals surface area contributed by atoms with Crippen LogP contribution in [0.15, 0.2) is 53.4 Å².